The summed E-state index contributed by atoms with van der Waals surface area (Å²) in [5, 5.41) is 0. The number of benzene rings is 2. The molecule has 0 bridgehead atoms. The summed E-state index contributed by atoms with van der Waals surface area (Å²) in [6.45, 7) is 0.0742. The Morgan fingerprint density at radius 1 is 0.920 bits per heavy atom. The fourth-order valence-corrected chi connectivity index (χ4v) is 2.96. The van der Waals surface area contributed by atoms with E-state index in [-0.39, 0.29) is 30.7 Å². The lowest BCUT2D eigenvalue weighted by atomic mass is 9.92. The van der Waals surface area contributed by atoms with Crippen LogP contribution in [-0.4, -0.2) is 29.1 Å². The summed E-state index contributed by atoms with van der Waals surface area (Å²) in [6.07, 6.45) is 0.0838. The first kappa shape index (κ1) is 17.0. The van der Waals surface area contributed by atoms with Crippen molar-refractivity contribution in [1.82, 2.24) is 4.90 Å². The van der Waals surface area contributed by atoms with E-state index in [1.165, 1.54) is 4.90 Å². The molecular formula is C21H16ClNO2. The average Bonchev–Trinajstić information content (AvgIpc) is 2.92. The van der Waals surface area contributed by atoms with Gasteiger partial charge < -0.3 is 0 Å². The van der Waals surface area contributed by atoms with Crippen LogP contribution in [0.15, 0.2) is 66.2 Å². The normalized spacial score (nSPS) is 13.6. The van der Waals surface area contributed by atoms with E-state index in [0.29, 0.717) is 5.57 Å². The number of hydrogen-bond donors (Lipinski definition) is 0. The Labute approximate surface area is 151 Å². The number of carbonyl (C=O) groups excluding carboxylic acids is 2. The maximum atomic E-state index is 12.8. The standard InChI is InChI=1S/C21H16ClNO2/c22-13-7-8-14-23-19(24)15-18(21(23)25)20(16-9-3-1-4-10-16)17-11-5-2-6-12-17/h1-6,9-12H,13-15H2. The number of nitrogens with zero attached hydrogens (tertiary/aromatic N) is 1. The number of halogens is 1. The Balaban J connectivity index is 2.09. The van der Waals surface area contributed by atoms with E-state index in [4.69, 9.17) is 11.6 Å². The number of carbonyl (C=O) groups is 2. The Bertz CT molecular complexity index is 835. The third-order valence-corrected chi connectivity index (χ3v) is 4.12. The molecule has 1 saturated heterocycles. The van der Waals surface area contributed by atoms with Crippen LogP contribution in [0.5, 0.6) is 0 Å². The minimum atomic E-state index is -0.281. The molecule has 0 aromatic heterocycles. The molecule has 0 radical (unpaired) electrons. The van der Waals surface area contributed by atoms with Gasteiger partial charge in [-0.2, -0.15) is 0 Å². The molecule has 3 nitrogen and oxygen atoms in total. The molecule has 124 valence electrons. The van der Waals surface area contributed by atoms with Crippen LogP contribution in [0, 0.1) is 11.8 Å². The van der Waals surface area contributed by atoms with Crippen molar-refractivity contribution >= 4 is 29.0 Å². The summed E-state index contributed by atoms with van der Waals surface area (Å²) >= 11 is 5.53. The molecule has 3 rings (SSSR count). The zero-order chi connectivity index (χ0) is 17.6. The summed E-state index contributed by atoms with van der Waals surface area (Å²) in [4.78, 5) is 26.4. The molecule has 2 aromatic rings. The van der Waals surface area contributed by atoms with Crippen LogP contribution in [0.1, 0.15) is 17.5 Å². The van der Waals surface area contributed by atoms with Gasteiger partial charge in [0.1, 0.15) is 0 Å². The summed E-state index contributed by atoms with van der Waals surface area (Å²) < 4.78 is 0. The van der Waals surface area contributed by atoms with Crippen molar-refractivity contribution in [2.45, 2.75) is 6.42 Å². The summed E-state index contributed by atoms with van der Waals surface area (Å²) in [5.41, 5.74) is 3.14. The number of alkyl halides is 1. The van der Waals surface area contributed by atoms with Crippen molar-refractivity contribution in [3.63, 3.8) is 0 Å². The van der Waals surface area contributed by atoms with Crippen molar-refractivity contribution in [1.29, 1.82) is 0 Å². The fourth-order valence-electron chi connectivity index (χ4n) is 2.86. The molecular weight excluding hydrogens is 334 g/mol. The number of amides is 2. The van der Waals surface area contributed by atoms with E-state index in [0.717, 1.165) is 16.7 Å². The third-order valence-electron chi connectivity index (χ3n) is 3.99. The molecule has 2 amide bonds. The number of likely N-dealkylation sites (tertiary alicyclic amines) is 1. The minimum Gasteiger partial charge on any atom is -0.274 e. The molecule has 0 spiro atoms. The van der Waals surface area contributed by atoms with Crippen LogP contribution in [-0.2, 0) is 9.59 Å². The van der Waals surface area contributed by atoms with Crippen LogP contribution in [0.25, 0.3) is 5.57 Å². The maximum absolute atomic E-state index is 12.8. The molecule has 1 aliphatic heterocycles. The maximum Gasteiger partial charge on any atom is 0.258 e. The second-order valence-electron chi connectivity index (χ2n) is 5.53. The summed E-state index contributed by atoms with van der Waals surface area (Å²) in [6, 6.07) is 19.3. The number of imide groups is 1. The first-order valence-corrected chi connectivity index (χ1v) is 8.46. The van der Waals surface area contributed by atoms with Crippen molar-refractivity contribution in [3.05, 3.63) is 77.4 Å². The van der Waals surface area contributed by atoms with E-state index < -0.39 is 0 Å². The van der Waals surface area contributed by atoms with Crippen molar-refractivity contribution in [3.8, 4) is 11.8 Å². The average molecular weight is 350 g/mol. The van der Waals surface area contributed by atoms with Gasteiger partial charge in [0.15, 0.2) is 0 Å². The lowest BCUT2D eigenvalue weighted by Crippen LogP contribution is -2.29. The Morgan fingerprint density at radius 3 is 2.00 bits per heavy atom. The molecule has 0 atom stereocenters. The van der Waals surface area contributed by atoms with Gasteiger partial charge in [-0.05, 0) is 16.7 Å². The van der Waals surface area contributed by atoms with E-state index in [9.17, 15) is 9.59 Å². The van der Waals surface area contributed by atoms with Gasteiger partial charge in [0.25, 0.3) is 5.91 Å². The molecule has 1 aliphatic rings. The summed E-state index contributed by atoms with van der Waals surface area (Å²) in [7, 11) is 0. The highest BCUT2D eigenvalue weighted by atomic mass is 35.5. The molecule has 1 heterocycles. The lowest BCUT2D eigenvalue weighted by molar-refractivity contribution is -0.136. The topological polar surface area (TPSA) is 37.4 Å². The fraction of sp³-hybridized carbons (Fsp3) is 0.143. The predicted molar refractivity (Wildman–Crippen MR) is 98.7 cm³/mol. The highest BCUT2D eigenvalue weighted by Gasteiger charge is 2.35. The molecule has 0 saturated carbocycles. The highest BCUT2D eigenvalue weighted by molar-refractivity contribution is 6.19. The van der Waals surface area contributed by atoms with Crippen LogP contribution in [0.4, 0.5) is 0 Å². The van der Waals surface area contributed by atoms with E-state index in [2.05, 4.69) is 11.8 Å². The zero-order valence-electron chi connectivity index (χ0n) is 13.5. The second kappa shape index (κ2) is 7.83. The molecule has 2 aromatic carbocycles. The molecule has 4 heteroatoms. The zero-order valence-corrected chi connectivity index (χ0v) is 14.3. The van der Waals surface area contributed by atoms with Gasteiger partial charge >= 0.3 is 0 Å². The number of hydrogen-bond acceptors (Lipinski definition) is 2. The first-order valence-electron chi connectivity index (χ1n) is 7.92. The molecule has 0 N–H and O–H groups in total. The van der Waals surface area contributed by atoms with Crippen molar-refractivity contribution in [2.24, 2.45) is 0 Å². The van der Waals surface area contributed by atoms with Crippen LogP contribution >= 0.6 is 11.6 Å². The van der Waals surface area contributed by atoms with E-state index in [1.807, 2.05) is 60.7 Å². The van der Waals surface area contributed by atoms with Crippen molar-refractivity contribution < 1.29 is 9.59 Å². The van der Waals surface area contributed by atoms with Gasteiger partial charge in [-0.15, -0.1) is 11.6 Å². The number of rotatable bonds is 3. The predicted octanol–water partition coefficient (Wildman–Crippen LogP) is 3.49. The van der Waals surface area contributed by atoms with Gasteiger partial charge in [0, 0.05) is 5.57 Å². The molecule has 0 unspecified atom stereocenters. The van der Waals surface area contributed by atoms with Gasteiger partial charge in [0.05, 0.1) is 18.8 Å². The SMILES string of the molecule is O=C1CC(=C(c2ccccc2)c2ccccc2)C(=O)N1CC#CCCl. The van der Waals surface area contributed by atoms with Crippen LogP contribution in [0.3, 0.4) is 0 Å². The van der Waals surface area contributed by atoms with Gasteiger partial charge in [0.2, 0.25) is 5.91 Å². The van der Waals surface area contributed by atoms with Gasteiger partial charge in [-0.1, -0.05) is 72.5 Å². The molecule has 0 aliphatic carbocycles. The van der Waals surface area contributed by atoms with Gasteiger partial charge in [-0.25, -0.2) is 0 Å². The van der Waals surface area contributed by atoms with E-state index in [1.54, 1.807) is 0 Å². The third kappa shape index (κ3) is 3.65. The van der Waals surface area contributed by atoms with Crippen LogP contribution in [0.2, 0.25) is 0 Å². The first-order chi connectivity index (χ1) is 12.2. The summed E-state index contributed by atoms with van der Waals surface area (Å²) in [5.74, 6) is 5.10. The lowest BCUT2D eigenvalue weighted by Gasteiger charge is -2.13. The van der Waals surface area contributed by atoms with Gasteiger partial charge in [-0.3, -0.25) is 14.5 Å². The van der Waals surface area contributed by atoms with E-state index >= 15 is 0 Å². The minimum absolute atomic E-state index is 0.0742. The van der Waals surface area contributed by atoms with Crippen LogP contribution < -0.4 is 0 Å². The highest BCUT2D eigenvalue weighted by Crippen LogP contribution is 2.32. The Morgan fingerprint density at radius 2 is 1.48 bits per heavy atom. The molecule has 25 heavy (non-hydrogen) atoms. The Hall–Kier alpha value is -2.83. The van der Waals surface area contributed by atoms with Crippen molar-refractivity contribution in [2.75, 3.05) is 12.4 Å². The monoisotopic (exact) mass is 349 g/mol. The quantitative estimate of drug-likeness (QED) is 0.368. The smallest absolute Gasteiger partial charge is 0.258 e. The largest absolute Gasteiger partial charge is 0.274 e. The Kier molecular flexibility index (Phi) is 5.33. The molecule has 1 fully saturated rings. The second-order valence-corrected chi connectivity index (χ2v) is 5.80.